The van der Waals surface area contributed by atoms with E-state index in [1.807, 2.05) is 83.1 Å². The summed E-state index contributed by atoms with van der Waals surface area (Å²) < 4.78 is 0. The molecule has 10 atom stereocenters. The Labute approximate surface area is 469 Å². The van der Waals surface area contributed by atoms with Gasteiger partial charge in [0.15, 0.2) is 0 Å². The van der Waals surface area contributed by atoms with Crippen molar-refractivity contribution in [1.29, 1.82) is 0 Å². The lowest BCUT2D eigenvalue weighted by atomic mass is 9.69. The minimum Gasteiger partial charge on any atom is -0.393 e. The highest BCUT2D eigenvalue weighted by Gasteiger charge is 2.37. The van der Waals surface area contributed by atoms with Crippen LogP contribution in [0.1, 0.15) is 283 Å². The number of hydrogen-bond donors (Lipinski definition) is 8. The Hall–Kier alpha value is -0.320. The fourth-order valence-electron chi connectivity index (χ4n) is 5.57. The molecule has 0 heterocycles. The summed E-state index contributed by atoms with van der Waals surface area (Å²) in [7, 11) is 0. The molecule has 0 fully saturated rings. The Balaban J connectivity index is -0.0000000920. The molecule has 8 heteroatoms. The van der Waals surface area contributed by atoms with E-state index in [1.165, 1.54) is 0 Å². The molecule has 0 amide bonds. The molecule has 0 aromatic heterocycles. The molecule has 0 aliphatic heterocycles. The maximum absolute atomic E-state index is 9.72. The summed E-state index contributed by atoms with van der Waals surface area (Å²) in [4.78, 5) is 0. The predicted molar refractivity (Wildman–Crippen MR) is 334 cm³/mol. The second kappa shape index (κ2) is 45.4. The van der Waals surface area contributed by atoms with Crippen molar-refractivity contribution in [2.45, 2.75) is 330 Å². The largest absolute Gasteiger partial charge is 0.393 e. The van der Waals surface area contributed by atoms with E-state index in [0.29, 0.717) is 82.9 Å². The zero-order chi connectivity index (χ0) is 62.8. The highest BCUT2D eigenvalue weighted by molar-refractivity contribution is 4.87. The SMILES string of the molecule is CC(C)C(C)(C)C(C)(C)O.CC(C)C(C)C.CC(C)CC(C)(C)O.CC(C)[C@@H](C)C(C)(C)O.CC(C)[C@@H](C)[C@@H](C)O.CC(C)[C@@H](C)[C@H](C)O.CC(C)[C@H](C)C(C)(C)O.CC(C)[C@H](C)[C@@H](C)O.CC(C)[C@H](C)[C@H](C)O. The van der Waals surface area contributed by atoms with Gasteiger partial charge in [0.1, 0.15) is 0 Å². The normalized spacial score (nSPS) is 16.3. The molecule has 8 nitrogen and oxygen atoms in total. The van der Waals surface area contributed by atoms with Gasteiger partial charge in [-0.05, 0) is 190 Å². The lowest BCUT2D eigenvalue weighted by Crippen LogP contribution is -2.42. The molecule has 0 rings (SSSR count). The topological polar surface area (TPSA) is 162 Å². The zero-order valence-electron chi connectivity index (χ0n) is 58.3. The van der Waals surface area contributed by atoms with Crippen molar-refractivity contribution in [3.8, 4) is 0 Å². The second-order valence-corrected chi connectivity index (χ2v) is 29.1. The summed E-state index contributed by atoms with van der Waals surface area (Å²) in [5.74, 6) is 8.74. The molecule has 0 saturated heterocycles. The van der Waals surface area contributed by atoms with Gasteiger partial charge >= 0.3 is 0 Å². The van der Waals surface area contributed by atoms with Crippen LogP contribution >= 0.6 is 0 Å². The van der Waals surface area contributed by atoms with Crippen molar-refractivity contribution in [1.82, 2.24) is 0 Å². The molecule has 0 aromatic carbocycles. The van der Waals surface area contributed by atoms with Crippen LogP contribution in [0.15, 0.2) is 0 Å². The Morgan fingerprint density at radius 3 is 0.446 bits per heavy atom. The van der Waals surface area contributed by atoms with E-state index in [-0.39, 0.29) is 29.8 Å². The molecule has 0 aliphatic rings. The highest BCUT2D eigenvalue weighted by atomic mass is 16.3. The van der Waals surface area contributed by atoms with Crippen LogP contribution in [-0.2, 0) is 0 Å². The first-order valence-corrected chi connectivity index (χ1v) is 29.8. The van der Waals surface area contributed by atoms with Gasteiger partial charge in [0, 0.05) is 0 Å². The van der Waals surface area contributed by atoms with E-state index in [9.17, 15) is 20.4 Å². The third-order valence-electron chi connectivity index (χ3n) is 16.7. The Morgan fingerprint density at radius 2 is 0.446 bits per heavy atom. The van der Waals surface area contributed by atoms with E-state index < -0.39 is 22.4 Å². The number of aliphatic hydroxyl groups excluding tert-OH is 4. The van der Waals surface area contributed by atoms with Gasteiger partial charge in [-0.25, -0.2) is 0 Å². The van der Waals surface area contributed by atoms with Crippen molar-refractivity contribution in [2.24, 2.45) is 100 Å². The van der Waals surface area contributed by atoms with Crippen LogP contribution in [0.3, 0.4) is 0 Å². The molecule has 0 bridgehead atoms. The molecule has 462 valence electrons. The summed E-state index contributed by atoms with van der Waals surface area (Å²) in [5, 5.41) is 73.8. The molecule has 0 radical (unpaired) electrons. The number of hydrogen-bond acceptors (Lipinski definition) is 8. The van der Waals surface area contributed by atoms with Crippen LogP contribution in [0.4, 0.5) is 0 Å². The average molecular weight is 1070 g/mol. The summed E-state index contributed by atoms with van der Waals surface area (Å²) >= 11 is 0. The van der Waals surface area contributed by atoms with Gasteiger partial charge in [0.2, 0.25) is 0 Å². The predicted octanol–water partition coefficient (Wildman–Crippen LogP) is 17.3. The summed E-state index contributed by atoms with van der Waals surface area (Å²) in [6.07, 6.45) is 0.252. The smallest absolute Gasteiger partial charge is 0.0644 e. The zero-order valence-corrected chi connectivity index (χ0v) is 58.3. The van der Waals surface area contributed by atoms with Crippen LogP contribution in [0, 0.1) is 100 Å². The first-order chi connectivity index (χ1) is 32.2. The van der Waals surface area contributed by atoms with E-state index >= 15 is 0 Å². The third kappa shape index (κ3) is 62.5. The fourth-order valence-corrected chi connectivity index (χ4v) is 5.57. The maximum Gasteiger partial charge on any atom is 0.0644 e. The number of rotatable bonds is 17. The van der Waals surface area contributed by atoms with Crippen LogP contribution in [0.5, 0.6) is 0 Å². The summed E-state index contributed by atoms with van der Waals surface area (Å²) in [5.41, 5.74) is -2.11. The molecule has 0 spiro atoms. The average Bonchev–Trinajstić information content (AvgIpc) is 3.18. The highest BCUT2D eigenvalue weighted by Crippen LogP contribution is 2.37. The van der Waals surface area contributed by atoms with Gasteiger partial charge in [0.05, 0.1) is 46.8 Å². The van der Waals surface area contributed by atoms with Gasteiger partial charge < -0.3 is 40.9 Å². The van der Waals surface area contributed by atoms with E-state index in [1.54, 1.807) is 0 Å². The summed E-state index contributed by atoms with van der Waals surface area (Å²) in [6, 6.07) is 0. The van der Waals surface area contributed by atoms with Gasteiger partial charge in [-0.2, -0.15) is 0 Å². The van der Waals surface area contributed by atoms with Crippen LogP contribution in [-0.4, -0.2) is 87.7 Å². The van der Waals surface area contributed by atoms with Gasteiger partial charge in [-0.1, -0.05) is 194 Å². The van der Waals surface area contributed by atoms with Gasteiger partial charge in [-0.3, -0.25) is 0 Å². The quantitative estimate of drug-likeness (QED) is 0.0714. The summed E-state index contributed by atoms with van der Waals surface area (Å²) in [6.45, 7) is 81.7. The lowest BCUT2D eigenvalue weighted by Gasteiger charge is -2.40. The molecule has 74 heavy (non-hydrogen) atoms. The van der Waals surface area contributed by atoms with Gasteiger partial charge in [-0.15, -0.1) is 0 Å². The molecular weight excluding hydrogens is 921 g/mol. The molecule has 0 aliphatic carbocycles. The standard InChI is InChI=1S/C9H20O.2C8H18O.5C7H16O.C6H14/c1-7(2)8(3,4)9(5,6)10;2*1-6(2)7(3)8(4,5)9;1-6(2)5-7(3,4)8;4*1-5(2)6(3)7(4)8;1-5(2)6(3)4/h7,10H,1-6H3;2*6-7,9H,1-5H3;6,8H,5H2,1-4H3;4*5-8H,1-4H3;5-6H,1-4H3/t;2*7-;;2*6-,7+;2*6-,7-;/m.10.1010./s1. The van der Waals surface area contributed by atoms with Crippen molar-refractivity contribution < 1.29 is 40.9 Å². The van der Waals surface area contributed by atoms with Crippen molar-refractivity contribution >= 4 is 0 Å². The monoisotopic (exact) mass is 1070 g/mol. The van der Waals surface area contributed by atoms with Gasteiger partial charge in [0.25, 0.3) is 0 Å². The van der Waals surface area contributed by atoms with Crippen LogP contribution < -0.4 is 0 Å². The van der Waals surface area contributed by atoms with Crippen molar-refractivity contribution in [3.63, 3.8) is 0 Å². The Bertz CT molecular complexity index is 1020. The minimum atomic E-state index is -0.582. The van der Waals surface area contributed by atoms with Crippen LogP contribution in [0.25, 0.3) is 0 Å². The Kier molecular flexibility index (Phi) is 57.1. The Morgan fingerprint density at radius 1 is 0.270 bits per heavy atom. The first kappa shape index (κ1) is 93.0. The first-order valence-electron chi connectivity index (χ1n) is 29.8. The lowest BCUT2D eigenvalue weighted by molar-refractivity contribution is -0.0604. The van der Waals surface area contributed by atoms with Crippen LogP contribution in [0.2, 0.25) is 0 Å². The van der Waals surface area contributed by atoms with Crippen molar-refractivity contribution in [2.75, 3.05) is 0 Å². The molecule has 0 aromatic rings. The third-order valence-corrected chi connectivity index (χ3v) is 16.7. The van der Waals surface area contributed by atoms with Crippen molar-refractivity contribution in [3.05, 3.63) is 0 Å². The molecular formula is C66H150O8. The molecule has 0 saturated carbocycles. The minimum absolute atomic E-state index is 0.00694. The molecule has 0 unspecified atom stereocenters. The number of aliphatic hydroxyl groups is 8. The fraction of sp³-hybridized carbons (Fsp3) is 1.00. The molecule has 8 N–H and O–H groups in total. The van der Waals surface area contributed by atoms with E-state index in [2.05, 4.69) is 194 Å². The maximum atomic E-state index is 9.72. The van der Waals surface area contributed by atoms with E-state index in [0.717, 1.165) is 18.3 Å². The van der Waals surface area contributed by atoms with E-state index in [4.69, 9.17) is 20.4 Å². The second-order valence-electron chi connectivity index (χ2n) is 29.1.